The average molecular weight is 359 g/mol. The number of hydrogen-bond acceptors (Lipinski definition) is 3. The number of likely N-dealkylation sites (tertiary alicyclic amines) is 1. The van der Waals surface area contributed by atoms with Gasteiger partial charge < -0.3 is 10.4 Å². The lowest BCUT2D eigenvalue weighted by Crippen LogP contribution is -2.30. The van der Waals surface area contributed by atoms with Crippen molar-refractivity contribution in [2.75, 3.05) is 13.1 Å². The standard InChI is InChI=1S/C20H23ClN2O2/c21-18-12-15(8-9-19(18)24)20(25)22-13-16-6-2-3-7-17(16)14-23-10-4-1-5-11-23/h2-3,6-9,12,24H,1,4-5,10-11,13-14H2,(H,22,25). The first kappa shape index (κ1) is 17.8. The van der Waals surface area contributed by atoms with Crippen LogP contribution in [0.2, 0.25) is 5.02 Å². The van der Waals surface area contributed by atoms with E-state index in [1.807, 2.05) is 12.1 Å². The third kappa shape index (κ3) is 4.74. The predicted octanol–water partition coefficient (Wildman–Crippen LogP) is 3.96. The highest BCUT2D eigenvalue weighted by Crippen LogP contribution is 2.23. The number of piperidine rings is 1. The smallest absolute Gasteiger partial charge is 0.251 e. The maximum atomic E-state index is 12.3. The summed E-state index contributed by atoms with van der Waals surface area (Å²) in [5.74, 6) is -0.222. The molecule has 0 aromatic heterocycles. The Labute approximate surface area is 153 Å². The highest BCUT2D eigenvalue weighted by Gasteiger charge is 2.13. The zero-order chi connectivity index (χ0) is 17.6. The molecule has 2 aromatic rings. The van der Waals surface area contributed by atoms with Crippen molar-refractivity contribution in [1.29, 1.82) is 0 Å². The fraction of sp³-hybridized carbons (Fsp3) is 0.350. The van der Waals surface area contributed by atoms with Crippen molar-refractivity contribution in [3.63, 3.8) is 0 Å². The molecular formula is C20H23ClN2O2. The highest BCUT2D eigenvalue weighted by atomic mass is 35.5. The lowest BCUT2D eigenvalue weighted by atomic mass is 10.0. The van der Waals surface area contributed by atoms with Crippen molar-refractivity contribution in [3.8, 4) is 5.75 Å². The largest absolute Gasteiger partial charge is 0.506 e. The Hall–Kier alpha value is -2.04. The Morgan fingerprint density at radius 1 is 1.08 bits per heavy atom. The van der Waals surface area contributed by atoms with E-state index >= 15 is 0 Å². The minimum atomic E-state index is -0.199. The molecule has 0 saturated carbocycles. The van der Waals surface area contributed by atoms with Crippen LogP contribution in [0.4, 0.5) is 0 Å². The molecule has 25 heavy (non-hydrogen) atoms. The van der Waals surface area contributed by atoms with Gasteiger partial charge in [-0.3, -0.25) is 9.69 Å². The zero-order valence-corrected chi connectivity index (χ0v) is 14.9. The minimum absolute atomic E-state index is 0.0231. The third-order valence-electron chi connectivity index (χ3n) is 4.61. The van der Waals surface area contributed by atoms with Crippen LogP contribution in [0.25, 0.3) is 0 Å². The summed E-state index contributed by atoms with van der Waals surface area (Å²) < 4.78 is 0. The van der Waals surface area contributed by atoms with Crippen LogP contribution in [0.1, 0.15) is 40.7 Å². The normalized spacial score (nSPS) is 15.1. The summed E-state index contributed by atoms with van der Waals surface area (Å²) in [5, 5.41) is 12.6. The second-order valence-corrected chi connectivity index (χ2v) is 6.86. The van der Waals surface area contributed by atoms with Gasteiger partial charge in [0.25, 0.3) is 5.91 Å². The number of nitrogens with zero attached hydrogens (tertiary/aromatic N) is 1. The number of carbonyl (C=O) groups is 1. The molecule has 3 rings (SSSR count). The van der Waals surface area contributed by atoms with Gasteiger partial charge in [0.1, 0.15) is 5.75 Å². The monoisotopic (exact) mass is 358 g/mol. The molecule has 5 heteroatoms. The Morgan fingerprint density at radius 3 is 2.52 bits per heavy atom. The van der Waals surface area contributed by atoms with E-state index in [4.69, 9.17) is 11.6 Å². The molecule has 0 bridgehead atoms. The van der Waals surface area contributed by atoms with Crippen LogP contribution >= 0.6 is 11.6 Å². The second kappa shape index (κ2) is 8.37. The van der Waals surface area contributed by atoms with E-state index in [2.05, 4.69) is 22.3 Å². The van der Waals surface area contributed by atoms with Gasteiger partial charge in [0, 0.05) is 18.7 Å². The summed E-state index contributed by atoms with van der Waals surface area (Å²) in [6.45, 7) is 3.69. The molecule has 4 nitrogen and oxygen atoms in total. The van der Waals surface area contributed by atoms with Crippen molar-refractivity contribution >= 4 is 17.5 Å². The molecule has 0 radical (unpaired) electrons. The summed E-state index contributed by atoms with van der Waals surface area (Å²) in [5.41, 5.74) is 2.83. The molecule has 0 spiro atoms. The van der Waals surface area contributed by atoms with E-state index in [1.165, 1.54) is 37.0 Å². The summed E-state index contributed by atoms with van der Waals surface area (Å²) in [4.78, 5) is 14.8. The molecule has 1 aliphatic rings. The first-order valence-corrected chi connectivity index (χ1v) is 9.07. The molecule has 2 N–H and O–H groups in total. The summed E-state index contributed by atoms with van der Waals surface area (Å²) in [6.07, 6.45) is 3.85. The summed E-state index contributed by atoms with van der Waals surface area (Å²) in [7, 11) is 0. The van der Waals surface area contributed by atoms with Crippen LogP contribution in [0.15, 0.2) is 42.5 Å². The lowest BCUT2D eigenvalue weighted by Gasteiger charge is -2.27. The maximum Gasteiger partial charge on any atom is 0.251 e. The van der Waals surface area contributed by atoms with Gasteiger partial charge >= 0.3 is 0 Å². The predicted molar refractivity (Wildman–Crippen MR) is 99.9 cm³/mol. The topological polar surface area (TPSA) is 52.6 Å². The number of amides is 1. The van der Waals surface area contributed by atoms with Crippen LogP contribution < -0.4 is 5.32 Å². The van der Waals surface area contributed by atoms with Crippen LogP contribution in [0.3, 0.4) is 0 Å². The van der Waals surface area contributed by atoms with E-state index in [9.17, 15) is 9.90 Å². The van der Waals surface area contributed by atoms with Gasteiger partial charge in [-0.2, -0.15) is 0 Å². The van der Waals surface area contributed by atoms with E-state index in [0.717, 1.165) is 25.2 Å². The zero-order valence-electron chi connectivity index (χ0n) is 14.2. The van der Waals surface area contributed by atoms with Crippen molar-refractivity contribution in [3.05, 3.63) is 64.2 Å². The van der Waals surface area contributed by atoms with E-state index in [0.29, 0.717) is 12.1 Å². The number of carbonyl (C=O) groups excluding carboxylic acids is 1. The van der Waals surface area contributed by atoms with E-state index in [1.54, 1.807) is 6.07 Å². The number of phenolic OH excluding ortho intramolecular Hbond substituents is 1. The van der Waals surface area contributed by atoms with Gasteiger partial charge in [0.05, 0.1) is 5.02 Å². The van der Waals surface area contributed by atoms with Gasteiger partial charge in [-0.25, -0.2) is 0 Å². The lowest BCUT2D eigenvalue weighted by molar-refractivity contribution is 0.0950. The number of rotatable bonds is 5. The molecule has 1 amide bonds. The molecule has 2 aromatic carbocycles. The van der Waals surface area contributed by atoms with Gasteiger partial charge in [-0.05, 0) is 55.3 Å². The quantitative estimate of drug-likeness (QED) is 0.850. The fourth-order valence-corrected chi connectivity index (χ4v) is 3.35. The SMILES string of the molecule is O=C(NCc1ccccc1CN1CCCCC1)c1ccc(O)c(Cl)c1. The number of nitrogens with one attached hydrogen (secondary N) is 1. The molecule has 1 heterocycles. The molecule has 1 fully saturated rings. The number of phenols is 1. The molecule has 0 unspecified atom stereocenters. The van der Waals surface area contributed by atoms with Crippen molar-refractivity contribution in [1.82, 2.24) is 10.2 Å². The summed E-state index contributed by atoms with van der Waals surface area (Å²) >= 11 is 5.87. The average Bonchev–Trinajstić information content (AvgIpc) is 2.64. The molecular weight excluding hydrogens is 336 g/mol. The van der Waals surface area contributed by atoms with Gasteiger partial charge in [0.2, 0.25) is 0 Å². The fourth-order valence-electron chi connectivity index (χ4n) is 3.17. The van der Waals surface area contributed by atoms with Gasteiger partial charge in [0.15, 0.2) is 0 Å². The molecule has 132 valence electrons. The van der Waals surface area contributed by atoms with E-state index in [-0.39, 0.29) is 16.7 Å². The third-order valence-corrected chi connectivity index (χ3v) is 4.91. The van der Waals surface area contributed by atoms with Crippen LogP contribution in [-0.2, 0) is 13.1 Å². The maximum absolute atomic E-state index is 12.3. The van der Waals surface area contributed by atoms with E-state index < -0.39 is 0 Å². The van der Waals surface area contributed by atoms with Crippen molar-refractivity contribution in [2.24, 2.45) is 0 Å². The highest BCUT2D eigenvalue weighted by molar-refractivity contribution is 6.32. The Balaban J connectivity index is 1.64. The molecule has 0 atom stereocenters. The molecule has 1 saturated heterocycles. The number of halogens is 1. The summed E-state index contributed by atoms with van der Waals surface area (Å²) in [6, 6.07) is 12.7. The number of benzene rings is 2. The van der Waals surface area contributed by atoms with Gasteiger partial charge in [-0.15, -0.1) is 0 Å². The van der Waals surface area contributed by atoms with Crippen molar-refractivity contribution < 1.29 is 9.90 Å². The Kier molecular flexibility index (Phi) is 5.95. The van der Waals surface area contributed by atoms with Gasteiger partial charge in [-0.1, -0.05) is 42.3 Å². The molecule has 1 aliphatic heterocycles. The van der Waals surface area contributed by atoms with Crippen LogP contribution in [-0.4, -0.2) is 29.0 Å². The molecule has 0 aliphatic carbocycles. The Morgan fingerprint density at radius 2 is 1.80 bits per heavy atom. The first-order chi connectivity index (χ1) is 12.1. The van der Waals surface area contributed by atoms with Crippen LogP contribution in [0, 0.1) is 0 Å². The number of aromatic hydroxyl groups is 1. The minimum Gasteiger partial charge on any atom is -0.506 e. The Bertz CT molecular complexity index is 742. The van der Waals surface area contributed by atoms with Crippen molar-refractivity contribution in [2.45, 2.75) is 32.4 Å². The van der Waals surface area contributed by atoms with Crippen LogP contribution in [0.5, 0.6) is 5.75 Å². The first-order valence-electron chi connectivity index (χ1n) is 8.69. The number of hydrogen-bond donors (Lipinski definition) is 2. The second-order valence-electron chi connectivity index (χ2n) is 6.45.